The molecule has 0 saturated carbocycles. The van der Waals surface area contributed by atoms with Gasteiger partial charge in [0.2, 0.25) is 5.82 Å². The van der Waals surface area contributed by atoms with Gasteiger partial charge in [0.15, 0.2) is 5.69 Å². The van der Waals surface area contributed by atoms with Gasteiger partial charge in [0.1, 0.15) is 0 Å². The van der Waals surface area contributed by atoms with Crippen LogP contribution in [-0.2, 0) is 0 Å². The molecule has 0 radical (unpaired) electrons. The number of rotatable bonds is 8. The van der Waals surface area contributed by atoms with Gasteiger partial charge in [0, 0.05) is 25.8 Å². The molecule has 2 rings (SSSR count). The Bertz CT molecular complexity index is 704. The number of unbranched alkanes of at least 4 members (excludes halogenated alkanes) is 2. The first-order valence-corrected chi connectivity index (χ1v) is 8.68. The molecule has 0 spiro atoms. The Hall–Kier alpha value is -2.37. The highest BCUT2D eigenvalue weighted by Crippen LogP contribution is 2.15. The molecule has 130 valence electrons. The molecule has 0 unspecified atom stereocenters. The van der Waals surface area contributed by atoms with Crippen molar-refractivity contribution < 1.29 is 9.59 Å². The van der Waals surface area contributed by atoms with E-state index in [0.29, 0.717) is 30.8 Å². The number of nitrogens with zero attached hydrogens (tertiary/aromatic N) is 3. The second kappa shape index (κ2) is 8.47. The first-order chi connectivity index (χ1) is 11.6. The molecule has 0 bridgehead atoms. The Kier molecular flexibility index (Phi) is 6.35. The summed E-state index contributed by atoms with van der Waals surface area (Å²) < 4.78 is 1.69. The van der Waals surface area contributed by atoms with Crippen molar-refractivity contribution in [2.24, 2.45) is 0 Å². The van der Waals surface area contributed by atoms with Crippen LogP contribution in [0.25, 0.3) is 5.52 Å². The van der Waals surface area contributed by atoms with Gasteiger partial charge in [0.25, 0.3) is 11.8 Å². The van der Waals surface area contributed by atoms with Gasteiger partial charge in [-0.2, -0.15) is 0 Å². The maximum Gasteiger partial charge on any atom is 0.287 e. The van der Waals surface area contributed by atoms with E-state index in [-0.39, 0.29) is 17.6 Å². The van der Waals surface area contributed by atoms with Crippen LogP contribution in [0.1, 0.15) is 61.1 Å². The van der Waals surface area contributed by atoms with Crippen LogP contribution in [-0.4, -0.2) is 45.7 Å². The molecule has 0 atom stereocenters. The van der Waals surface area contributed by atoms with E-state index in [1.54, 1.807) is 15.5 Å². The van der Waals surface area contributed by atoms with E-state index < -0.39 is 0 Å². The van der Waals surface area contributed by atoms with Gasteiger partial charge in [-0.15, -0.1) is 0 Å². The Labute approximate surface area is 142 Å². The first kappa shape index (κ1) is 18.0. The molecule has 1 N–H and O–H groups in total. The van der Waals surface area contributed by atoms with Gasteiger partial charge in [-0.1, -0.05) is 25.8 Å². The maximum absolute atomic E-state index is 12.7. The molecule has 0 aliphatic carbocycles. The Morgan fingerprint density at radius 2 is 1.92 bits per heavy atom. The lowest BCUT2D eigenvalue weighted by atomic mass is 10.2. The van der Waals surface area contributed by atoms with Crippen LogP contribution in [0, 0.1) is 0 Å². The van der Waals surface area contributed by atoms with E-state index >= 15 is 0 Å². The van der Waals surface area contributed by atoms with E-state index in [4.69, 9.17) is 0 Å². The van der Waals surface area contributed by atoms with E-state index in [2.05, 4.69) is 17.2 Å². The third-order valence-corrected chi connectivity index (χ3v) is 4.07. The molecule has 0 saturated heterocycles. The minimum absolute atomic E-state index is 0.145. The lowest BCUT2D eigenvalue weighted by Gasteiger charge is -2.17. The van der Waals surface area contributed by atoms with Crippen LogP contribution in [0.4, 0.5) is 0 Å². The van der Waals surface area contributed by atoms with Crippen molar-refractivity contribution in [1.29, 1.82) is 0 Å². The quantitative estimate of drug-likeness (QED) is 0.757. The Balaban J connectivity index is 2.31. The predicted molar refractivity (Wildman–Crippen MR) is 94.3 cm³/mol. The number of carbonyl (C=O) groups excluding carboxylic acids is 2. The van der Waals surface area contributed by atoms with Crippen molar-refractivity contribution in [3.63, 3.8) is 0 Å². The lowest BCUT2D eigenvalue weighted by Crippen LogP contribution is -2.31. The molecule has 0 aliphatic heterocycles. The second-order valence-electron chi connectivity index (χ2n) is 5.68. The summed E-state index contributed by atoms with van der Waals surface area (Å²) in [5.74, 6) is -0.128. The van der Waals surface area contributed by atoms with Crippen LogP contribution in [0.3, 0.4) is 0 Å². The molecule has 2 amide bonds. The van der Waals surface area contributed by atoms with Gasteiger partial charge >= 0.3 is 0 Å². The van der Waals surface area contributed by atoms with Crippen molar-refractivity contribution in [1.82, 2.24) is 19.6 Å². The topological polar surface area (TPSA) is 66.7 Å². The zero-order valence-electron chi connectivity index (χ0n) is 14.7. The molecule has 6 heteroatoms. The molecule has 2 aromatic heterocycles. The number of pyridine rings is 1. The van der Waals surface area contributed by atoms with Gasteiger partial charge in [-0.25, -0.2) is 4.98 Å². The number of carbonyl (C=O) groups is 2. The number of imidazole rings is 1. The van der Waals surface area contributed by atoms with Gasteiger partial charge < -0.3 is 10.2 Å². The number of aromatic nitrogens is 2. The zero-order valence-corrected chi connectivity index (χ0v) is 14.7. The number of hydrogen-bond donors (Lipinski definition) is 1. The summed E-state index contributed by atoms with van der Waals surface area (Å²) in [6, 6.07) is 5.49. The van der Waals surface area contributed by atoms with Crippen LogP contribution >= 0.6 is 0 Å². The highest BCUT2D eigenvalue weighted by atomic mass is 16.2. The monoisotopic (exact) mass is 330 g/mol. The van der Waals surface area contributed by atoms with Crippen molar-refractivity contribution >= 4 is 17.3 Å². The molecular formula is C18H26N4O2. The smallest absolute Gasteiger partial charge is 0.287 e. The fourth-order valence-electron chi connectivity index (χ4n) is 2.67. The average molecular weight is 330 g/mol. The van der Waals surface area contributed by atoms with E-state index in [9.17, 15) is 9.59 Å². The second-order valence-corrected chi connectivity index (χ2v) is 5.68. The van der Waals surface area contributed by atoms with Crippen molar-refractivity contribution in [2.45, 2.75) is 40.0 Å². The normalized spacial score (nSPS) is 10.8. The van der Waals surface area contributed by atoms with Crippen molar-refractivity contribution in [3.05, 3.63) is 35.9 Å². The maximum atomic E-state index is 12.7. The predicted octanol–water partition coefficient (Wildman–Crippen LogP) is 2.74. The minimum atomic E-state index is -0.245. The first-order valence-electron chi connectivity index (χ1n) is 8.68. The summed E-state index contributed by atoms with van der Waals surface area (Å²) in [6.07, 6.45) is 4.89. The Morgan fingerprint density at radius 1 is 1.17 bits per heavy atom. The fraction of sp³-hybridized carbons (Fsp3) is 0.500. The molecule has 2 aromatic rings. The fourth-order valence-corrected chi connectivity index (χ4v) is 2.67. The SMILES string of the molecule is CCCCCNC(=O)c1nc(C(=O)N(CC)CC)c2ccccn12. The van der Waals surface area contributed by atoms with Crippen LogP contribution in [0.15, 0.2) is 24.4 Å². The third-order valence-electron chi connectivity index (χ3n) is 4.07. The molecule has 0 aliphatic rings. The molecule has 6 nitrogen and oxygen atoms in total. The largest absolute Gasteiger partial charge is 0.349 e. The number of hydrogen-bond acceptors (Lipinski definition) is 3. The van der Waals surface area contributed by atoms with Gasteiger partial charge in [-0.3, -0.25) is 14.0 Å². The highest BCUT2D eigenvalue weighted by molar-refractivity contribution is 6.02. The van der Waals surface area contributed by atoms with Crippen LogP contribution < -0.4 is 5.32 Å². The molecular weight excluding hydrogens is 304 g/mol. The van der Waals surface area contributed by atoms with E-state index in [0.717, 1.165) is 19.3 Å². The summed E-state index contributed by atoms with van der Waals surface area (Å²) in [6.45, 7) is 7.82. The average Bonchev–Trinajstić information content (AvgIpc) is 2.99. The van der Waals surface area contributed by atoms with Crippen LogP contribution in [0.5, 0.6) is 0 Å². The molecule has 0 fully saturated rings. The minimum Gasteiger partial charge on any atom is -0.349 e. The summed E-state index contributed by atoms with van der Waals surface area (Å²) in [5.41, 5.74) is 0.992. The van der Waals surface area contributed by atoms with Gasteiger partial charge in [0.05, 0.1) is 5.52 Å². The Morgan fingerprint density at radius 3 is 2.58 bits per heavy atom. The third kappa shape index (κ3) is 3.75. The summed E-state index contributed by atoms with van der Waals surface area (Å²) in [7, 11) is 0. The molecule has 24 heavy (non-hydrogen) atoms. The number of fused-ring (bicyclic) bond motifs is 1. The van der Waals surface area contributed by atoms with E-state index in [1.807, 2.05) is 32.0 Å². The standard InChI is InChI=1S/C18H26N4O2/c1-4-7-9-12-19-17(23)16-20-15(18(24)21(5-2)6-3)14-11-8-10-13-22(14)16/h8,10-11,13H,4-7,9,12H2,1-3H3,(H,19,23). The van der Waals surface area contributed by atoms with Crippen LogP contribution in [0.2, 0.25) is 0 Å². The summed E-state index contributed by atoms with van der Waals surface area (Å²) >= 11 is 0. The number of amides is 2. The van der Waals surface area contributed by atoms with Gasteiger partial charge in [-0.05, 0) is 32.4 Å². The molecule has 0 aromatic carbocycles. The van der Waals surface area contributed by atoms with Crippen molar-refractivity contribution in [3.8, 4) is 0 Å². The van der Waals surface area contributed by atoms with E-state index in [1.165, 1.54) is 0 Å². The number of nitrogens with one attached hydrogen (secondary N) is 1. The van der Waals surface area contributed by atoms with Crippen molar-refractivity contribution in [2.75, 3.05) is 19.6 Å². The summed E-state index contributed by atoms with van der Waals surface area (Å²) in [5, 5.41) is 2.89. The molecule has 2 heterocycles. The summed E-state index contributed by atoms with van der Waals surface area (Å²) in [4.78, 5) is 31.2. The lowest BCUT2D eigenvalue weighted by molar-refractivity contribution is 0.0769. The zero-order chi connectivity index (χ0) is 17.5. The highest BCUT2D eigenvalue weighted by Gasteiger charge is 2.23.